The van der Waals surface area contributed by atoms with E-state index in [9.17, 15) is 13.2 Å². The van der Waals surface area contributed by atoms with Crippen LogP contribution in [0.5, 0.6) is 0 Å². The van der Waals surface area contributed by atoms with Crippen LogP contribution in [0.4, 0.5) is 13.2 Å². The summed E-state index contributed by atoms with van der Waals surface area (Å²) in [5.74, 6) is 9.10. The van der Waals surface area contributed by atoms with Gasteiger partial charge in [-0.05, 0) is 69.1 Å². The van der Waals surface area contributed by atoms with E-state index in [1.54, 1.807) is 0 Å². The van der Waals surface area contributed by atoms with Crippen molar-refractivity contribution in [1.82, 2.24) is 0 Å². The Morgan fingerprint density at radius 3 is 1.64 bits per heavy atom. The fourth-order valence-electron chi connectivity index (χ4n) is 4.97. The lowest BCUT2D eigenvalue weighted by molar-refractivity contribution is 0.0297. The number of rotatable bonds is 1. The lowest BCUT2D eigenvalue weighted by atomic mass is 9.69. The maximum Gasteiger partial charge on any atom is 0.162 e. The van der Waals surface area contributed by atoms with Crippen molar-refractivity contribution in [1.29, 1.82) is 0 Å². The fourth-order valence-corrected chi connectivity index (χ4v) is 4.97. The Labute approximate surface area is 153 Å². The van der Waals surface area contributed by atoms with Crippen molar-refractivity contribution in [2.75, 3.05) is 0 Å². The molecule has 0 radical (unpaired) electrons. The summed E-state index contributed by atoms with van der Waals surface area (Å²) in [5.41, 5.74) is 0. The molecule has 0 spiro atoms. The summed E-state index contributed by atoms with van der Waals surface area (Å²) in [5, 5.41) is 0. The van der Waals surface area contributed by atoms with Crippen LogP contribution < -0.4 is 0 Å². The molecule has 0 saturated heterocycles. The number of halogens is 3. The van der Waals surface area contributed by atoms with E-state index in [4.69, 9.17) is 0 Å². The average Bonchev–Trinajstić information content (AvgIpc) is 2.59. The number of hydrogen-bond donors (Lipinski definition) is 0. The predicted octanol–water partition coefficient (Wildman–Crippen LogP) is 5.71. The van der Waals surface area contributed by atoms with Crippen molar-refractivity contribution in [2.45, 2.75) is 89.6 Å². The summed E-state index contributed by atoms with van der Waals surface area (Å²) in [4.78, 5) is 0. The lowest BCUT2D eigenvalue weighted by Gasteiger charge is -2.36. The molecule has 1 nitrogen and oxygen atoms in total. The third-order valence-corrected chi connectivity index (χ3v) is 6.70. The van der Waals surface area contributed by atoms with E-state index in [1.807, 2.05) is 0 Å². The first-order valence-corrected chi connectivity index (χ1v) is 9.96. The standard InChI is InChI=1S/C21H31F3.H2O.2H2/c1-14-2-8-17(9-3-14)18-10-6-15(7-11-18)4-5-16-12-19(22)21(24)20(23)13-16;;;/h14-21H,2-3,6-13H2,1H3;1H2;2*1H. The van der Waals surface area contributed by atoms with E-state index in [0.717, 1.165) is 30.6 Å². The highest BCUT2D eigenvalue weighted by atomic mass is 19.2. The monoisotopic (exact) mass is 362 g/mol. The second-order valence-electron chi connectivity index (χ2n) is 8.57. The van der Waals surface area contributed by atoms with Crippen molar-refractivity contribution >= 4 is 0 Å². The molecule has 4 heteroatoms. The Morgan fingerprint density at radius 1 is 0.680 bits per heavy atom. The zero-order chi connectivity index (χ0) is 17.1. The van der Waals surface area contributed by atoms with Crippen LogP contribution in [0.15, 0.2) is 0 Å². The van der Waals surface area contributed by atoms with Crippen LogP contribution >= 0.6 is 0 Å². The Hall–Kier alpha value is -0.690. The third-order valence-electron chi connectivity index (χ3n) is 6.70. The highest BCUT2D eigenvalue weighted by Crippen LogP contribution is 2.41. The zero-order valence-corrected chi connectivity index (χ0v) is 15.3. The van der Waals surface area contributed by atoms with Gasteiger partial charge >= 0.3 is 0 Å². The molecular formula is C21H37F3O. The highest BCUT2D eigenvalue weighted by Gasteiger charge is 2.38. The molecule has 0 aromatic rings. The molecule has 0 heterocycles. The Balaban J connectivity index is 0.00000225. The quantitative estimate of drug-likeness (QED) is 0.535. The van der Waals surface area contributed by atoms with Crippen LogP contribution in [-0.4, -0.2) is 24.0 Å². The molecule has 0 aromatic carbocycles. The molecule has 3 rings (SSSR count). The van der Waals surface area contributed by atoms with Crippen molar-refractivity contribution in [3.05, 3.63) is 0 Å². The average molecular weight is 363 g/mol. The SMILES string of the molecule is CC1CCC(C2CCC(C#CC3CC(F)C(F)C(F)C3)CC2)CC1.O.[HH].[HH]. The molecule has 3 fully saturated rings. The number of alkyl halides is 3. The van der Waals surface area contributed by atoms with Crippen LogP contribution in [-0.2, 0) is 0 Å². The number of hydrogen-bond acceptors (Lipinski definition) is 0. The maximum absolute atomic E-state index is 13.4. The first-order valence-electron chi connectivity index (χ1n) is 9.96. The largest absolute Gasteiger partial charge is 0.412 e. The highest BCUT2D eigenvalue weighted by molar-refractivity contribution is 5.11. The molecule has 2 unspecified atom stereocenters. The van der Waals surface area contributed by atoms with E-state index in [0.29, 0.717) is 5.92 Å². The zero-order valence-electron chi connectivity index (χ0n) is 15.3. The first-order chi connectivity index (χ1) is 11.5. The minimum absolute atomic E-state index is 0. The summed E-state index contributed by atoms with van der Waals surface area (Å²) in [6.07, 6.45) is 5.13. The van der Waals surface area contributed by atoms with Gasteiger partial charge in [0.25, 0.3) is 0 Å². The Morgan fingerprint density at radius 2 is 1.12 bits per heavy atom. The van der Waals surface area contributed by atoms with Gasteiger partial charge in [0.1, 0.15) is 12.3 Å². The van der Waals surface area contributed by atoms with E-state index in [-0.39, 0.29) is 27.1 Å². The molecular weight excluding hydrogens is 325 g/mol. The molecule has 0 amide bonds. The van der Waals surface area contributed by atoms with Crippen LogP contribution in [0.25, 0.3) is 0 Å². The van der Waals surface area contributed by atoms with Crippen molar-refractivity contribution in [3.8, 4) is 11.8 Å². The van der Waals surface area contributed by atoms with Crippen molar-refractivity contribution in [3.63, 3.8) is 0 Å². The van der Waals surface area contributed by atoms with Crippen LogP contribution in [0.1, 0.15) is 74.0 Å². The molecule has 0 bridgehead atoms. The van der Waals surface area contributed by atoms with Crippen LogP contribution in [0, 0.1) is 41.4 Å². The van der Waals surface area contributed by atoms with Crippen LogP contribution in [0.2, 0.25) is 0 Å². The van der Waals surface area contributed by atoms with E-state index in [1.165, 1.54) is 38.5 Å². The van der Waals surface area contributed by atoms with E-state index < -0.39 is 18.5 Å². The topological polar surface area (TPSA) is 31.5 Å². The van der Waals surface area contributed by atoms with E-state index >= 15 is 0 Å². The minimum atomic E-state index is -1.95. The Bertz CT molecular complexity index is 454. The summed E-state index contributed by atoms with van der Waals surface area (Å²) in [6, 6.07) is 0. The Kier molecular flexibility index (Phi) is 7.68. The molecule has 2 N–H and O–H groups in total. The molecule has 25 heavy (non-hydrogen) atoms. The summed E-state index contributed by atoms with van der Waals surface area (Å²) in [6.45, 7) is 2.36. The van der Waals surface area contributed by atoms with Gasteiger partial charge in [-0.2, -0.15) is 0 Å². The fraction of sp³-hybridized carbons (Fsp3) is 0.905. The maximum atomic E-state index is 13.4. The van der Waals surface area contributed by atoms with Crippen LogP contribution in [0.3, 0.4) is 0 Å². The van der Waals surface area contributed by atoms with Gasteiger partial charge in [0.2, 0.25) is 0 Å². The normalized spacial score (nSPS) is 45.0. The smallest absolute Gasteiger partial charge is 0.162 e. The second kappa shape index (κ2) is 9.31. The minimum Gasteiger partial charge on any atom is -0.412 e. The van der Waals surface area contributed by atoms with Gasteiger partial charge in [-0.1, -0.05) is 31.6 Å². The van der Waals surface area contributed by atoms with Gasteiger partial charge in [-0.15, -0.1) is 0 Å². The molecule has 3 saturated carbocycles. The van der Waals surface area contributed by atoms with Gasteiger partial charge in [0, 0.05) is 14.7 Å². The molecule has 2 atom stereocenters. The second-order valence-corrected chi connectivity index (χ2v) is 8.57. The van der Waals surface area contributed by atoms with Crippen molar-refractivity contribution < 1.29 is 21.5 Å². The van der Waals surface area contributed by atoms with Gasteiger partial charge in [-0.3, -0.25) is 0 Å². The summed E-state index contributed by atoms with van der Waals surface area (Å²) >= 11 is 0. The van der Waals surface area contributed by atoms with Crippen molar-refractivity contribution in [2.24, 2.45) is 29.6 Å². The van der Waals surface area contributed by atoms with Gasteiger partial charge in [-0.25, -0.2) is 13.2 Å². The van der Waals surface area contributed by atoms with Gasteiger partial charge < -0.3 is 5.48 Å². The lowest BCUT2D eigenvalue weighted by Crippen LogP contribution is -2.36. The summed E-state index contributed by atoms with van der Waals surface area (Å²) < 4.78 is 40.1. The molecule has 3 aliphatic rings. The molecule has 0 aromatic heterocycles. The van der Waals surface area contributed by atoms with Gasteiger partial charge in [0.05, 0.1) is 0 Å². The van der Waals surface area contributed by atoms with Gasteiger partial charge in [0.15, 0.2) is 6.17 Å². The molecule has 3 aliphatic carbocycles. The first kappa shape index (κ1) is 20.6. The predicted molar refractivity (Wildman–Crippen MR) is 99.6 cm³/mol. The summed E-state index contributed by atoms with van der Waals surface area (Å²) in [7, 11) is 0. The molecule has 148 valence electrons. The van der Waals surface area contributed by atoms with E-state index in [2.05, 4.69) is 18.8 Å². The molecule has 0 aliphatic heterocycles. The third kappa shape index (κ3) is 5.39.